The summed E-state index contributed by atoms with van der Waals surface area (Å²) in [6.07, 6.45) is 0.289. The van der Waals surface area contributed by atoms with E-state index in [9.17, 15) is 18.0 Å². The largest absolute Gasteiger partial charge is 0.497 e. The summed E-state index contributed by atoms with van der Waals surface area (Å²) in [5.41, 5.74) is 2.79. The van der Waals surface area contributed by atoms with Crippen molar-refractivity contribution in [2.24, 2.45) is 0 Å². The second-order valence-electron chi connectivity index (χ2n) is 10.1. The van der Waals surface area contributed by atoms with Gasteiger partial charge in [0.15, 0.2) is 0 Å². The highest BCUT2D eigenvalue weighted by molar-refractivity contribution is 7.89. The monoisotopic (exact) mass is 589 g/mol. The zero-order valence-corrected chi connectivity index (χ0v) is 24.6. The standard InChI is InChI=1S/C31H35N5O5S/c1-23-10-6-7-15-27(23)36-28(24-11-4-3-5-12-24)29(30(37)34-20-17-32-18-21-34)35(31(36)38)19-9-16-33-42(39,40)26-14-8-13-25(22-26)41-2/h3-8,10-15,22,32-33H,9,16-21H2,1-2H3. The molecule has 1 fully saturated rings. The lowest BCUT2D eigenvalue weighted by Gasteiger charge is -2.28. The number of imidazole rings is 1. The number of rotatable bonds is 10. The van der Waals surface area contributed by atoms with Crippen molar-refractivity contribution in [3.05, 3.63) is 101 Å². The number of para-hydroxylation sites is 1. The van der Waals surface area contributed by atoms with Gasteiger partial charge in [-0.2, -0.15) is 0 Å². The van der Waals surface area contributed by atoms with Gasteiger partial charge < -0.3 is 15.0 Å². The van der Waals surface area contributed by atoms with Gasteiger partial charge >= 0.3 is 5.69 Å². The first-order valence-electron chi connectivity index (χ1n) is 13.9. The molecule has 0 bridgehead atoms. The second kappa shape index (κ2) is 12.8. The first kappa shape index (κ1) is 29.3. The minimum atomic E-state index is -3.80. The van der Waals surface area contributed by atoms with Crippen molar-refractivity contribution in [3.8, 4) is 22.7 Å². The summed E-state index contributed by atoms with van der Waals surface area (Å²) >= 11 is 0. The Hall–Kier alpha value is -4.19. The van der Waals surface area contributed by atoms with E-state index in [0.717, 1.165) is 11.1 Å². The lowest BCUT2D eigenvalue weighted by Crippen LogP contribution is -2.47. The minimum Gasteiger partial charge on any atom is -0.497 e. The van der Waals surface area contributed by atoms with Crippen molar-refractivity contribution in [1.29, 1.82) is 0 Å². The summed E-state index contributed by atoms with van der Waals surface area (Å²) < 4.78 is 36.7. The first-order valence-corrected chi connectivity index (χ1v) is 15.4. The van der Waals surface area contributed by atoms with Crippen LogP contribution < -0.4 is 20.5 Å². The molecule has 42 heavy (non-hydrogen) atoms. The van der Waals surface area contributed by atoms with Gasteiger partial charge in [0.05, 0.1) is 23.4 Å². The molecule has 0 unspecified atom stereocenters. The van der Waals surface area contributed by atoms with E-state index < -0.39 is 10.0 Å². The Bertz CT molecular complexity index is 1720. The van der Waals surface area contributed by atoms with Crippen LogP contribution in [0.5, 0.6) is 5.75 Å². The topological polar surface area (TPSA) is 115 Å². The summed E-state index contributed by atoms with van der Waals surface area (Å²) in [7, 11) is -2.33. The third kappa shape index (κ3) is 6.03. The molecule has 10 nitrogen and oxygen atoms in total. The molecule has 2 heterocycles. The number of ether oxygens (including phenoxy) is 1. The molecule has 3 aromatic carbocycles. The van der Waals surface area contributed by atoms with Crippen LogP contribution in [0.25, 0.3) is 16.9 Å². The number of amides is 1. The number of piperazine rings is 1. The number of aryl methyl sites for hydroxylation is 1. The van der Waals surface area contributed by atoms with E-state index in [0.29, 0.717) is 49.0 Å². The van der Waals surface area contributed by atoms with E-state index in [1.54, 1.807) is 21.6 Å². The summed E-state index contributed by atoms with van der Waals surface area (Å²) in [6, 6.07) is 23.2. The van der Waals surface area contributed by atoms with Gasteiger partial charge in [-0.25, -0.2) is 17.9 Å². The molecule has 1 saturated heterocycles. The number of nitrogens with zero attached hydrogens (tertiary/aromatic N) is 3. The zero-order valence-electron chi connectivity index (χ0n) is 23.7. The summed E-state index contributed by atoms with van der Waals surface area (Å²) in [6.45, 7) is 4.53. The molecule has 0 atom stereocenters. The van der Waals surface area contributed by atoms with Gasteiger partial charge in [-0.05, 0) is 37.1 Å². The van der Waals surface area contributed by atoms with Gasteiger partial charge in [0.25, 0.3) is 5.91 Å². The number of hydrogen-bond acceptors (Lipinski definition) is 6. The number of nitrogens with one attached hydrogen (secondary N) is 2. The van der Waals surface area contributed by atoms with Gasteiger partial charge in [0.2, 0.25) is 10.0 Å². The molecular formula is C31H35N5O5S. The number of carbonyl (C=O) groups is 1. The van der Waals surface area contributed by atoms with Gasteiger partial charge in [0.1, 0.15) is 11.4 Å². The van der Waals surface area contributed by atoms with E-state index >= 15 is 0 Å². The highest BCUT2D eigenvalue weighted by Crippen LogP contribution is 2.29. The Morgan fingerprint density at radius 3 is 2.40 bits per heavy atom. The molecule has 1 aliphatic heterocycles. The molecule has 220 valence electrons. The molecule has 1 aromatic heterocycles. The summed E-state index contributed by atoms with van der Waals surface area (Å²) in [5.74, 6) is 0.211. The predicted octanol–water partition coefficient (Wildman–Crippen LogP) is 3.04. The van der Waals surface area contributed by atoms with Crippen molar-refractivity contribution in [1.82, 2.24) is 24.1 Å². The number of benzene rings is 3. The van der Waals surface area contributed by atoms with E-state index in [1.807, 2.05) is 61.5 Å². The van der Waals surface area contributed by atoms with Gasteiger partial charge in [-0.15, -0.1) is 0 Å². The molecule has 0 saturated carbocycles. The SMILES string of the molecule is COc1cccc(S(=O)(=O)NCCCn2c(C(=O)N3CCNCC3)c(-c3ccccc3)n(-c3ccccc3C)c2=O)c1. The minimum absolute atomic E-state index is 0.0729. The van der Waals surface area contributed by atoms with E-state index in [-0.39, 0.29) is 36.0 Å². The van der Waals surface area contributed by atoms with Gasteiger partial charge in [0, 0.05) is 50.9 Å². The van der Waals surface area contributed by atoms with Gasteiger partial charge in [-0.1, -0.05) is 54.6 Å². The van der Waals surface area contributed by atoms with E-state index in [1.165, 1.54) is 23.8 Å². The number of sulfonamides is 1. The fraction of sp³-hybridized carbons (Fsp3) is 0.290. The lowest BCUT2D eigenvalue weighted by atomic mass is 10.1. The fourth-order valence-electron chi connectivity index (χ4n) is 5.18. The Balaban J connectivity index is 1.54. The number of carbonyl (C=O) groups excluding carboxylic acids is 1. The molecule has 11 heteroatoms. The molecule has 1 aliphatic rings. The molecule has 2 N–H and O–H groups in total. The Labute approximate surface area is 245 Å². The molecule has 4 aromatic rings. The lowest BCUT2D eigenvalue weighted by molar-refractivity contribution is 0.0725. The van der Waals surface area contributed by atoms with Gasteiger partial charge in [-0.3, -0.25) is 13.9 Å². The van der Waals surface area contributed by atoms with E-state index in [2.05, 4.69) is 10.0 Å². The van der Waals surface area contributed by atoms with Crippen LogP contribution in [0, 0.1) is 6.92 Å². The maximum Gasteiger partial charge on any atom is 0.333 e. The Morgan fingerprint density at radius 1 is 0.976 bits per heavy atom. The normalized spacial score (nSPS) is 13.7. The van der Waals surface area contributed by atoms with Crippen LogP contribution in [0.15, 0.2) is 88.6 Å². The molecule has 0 spiro atoms. The molecule has 0 radical (unpaired) electrons. The third-order valence-electron chi connectivity index (χ3n) is 7.35. The van der Waals surface area contributed by atoms with Crippen molar-refractivity contribution in [3.63, 3.8) is 0 Å². The zero-order chi connectivity index (χ0) is 29.7. The maximum atomic E-state index is 14.2. The highest BCUT2D eigenvalue weighted by atomic mass is 32.2. The molecule has 0 aliphatic carbocycles. The second-order valence-corrected chi connectivity index (χ2v) is 11.9. The first-order chi connectivity index (χ1) is 20.3. The van der Waals surface area contributed by atoms with Crippen LogP contribution in [0.3, 0.4) is 0 Å². The predicted molar refractivity (Wildman–Crippen MR) is 162 cm³/mol. The van der Waals surface area contributed by atoms with Crippen LogP contribution in [0.1, 0.15) is 22.5 Å². The number of aromatic nitrogens is 2. The number of hydrogen-bond donors (Lipinski definition) is 2. The Kier molecular flexibility index (Phi) is 8.91. The van der Waals surface area contributed by atoms with Crippen LogP contribution in [-0.4, -0.2) is 68.2 Å². The third-order valence-corrected chi connectivity index (χ3v) is 8.81. The average Bonchev–Trinajstić information content (AvgIpc) is 3.31. The van der Waals surface area contributed by atoms with E-state index in [4.69, 9.17) is 4.74 Å². The molecule has 1 amide bonds. The molecule has 5 rings (SSSR count). The van der Waals surface area contributed by atoms with Crippen LogP contribution in [0.4, 0.5) is 0 Å². The fourth-order valence-corrected chi connectivity index (χ4v) is 6.29. The maximum absolute atomic E-state index is 14.2. The van der Waals surface area contributed by atoms with Crippen LogP contribution in [-0.2, 0) is 16.6 Å². The van der Waals surface area contributed by atoms with Crippen molar-refractivity contribution >= 4 is 15.9 Å². The van der Waals surface area contributed by atoms with Crippen molar-refractivity contribution in [2.75, 3.05) is 39.8 Å². The smallest absolute Gasteiger partial charge is 0.333 e. The number of methoxy groups -OCH3 is 1. The van der Waals surface area contributed by atoms with Crippen LogP contribution >= 0.6 is 0 Å². The molecular weight excluding hydrogens is 554 g/mol. The van der Waals surface area contributed by atoms with Crippen molar-refractivity contribution in [2.45, 2.75) is 24.8 Å². The average molecular weight is 590 g/mol. The quantitative estimate of drug-likeness (QED) is 0.275. The summed E-state index contributed by atoms with van der Waals surface area (Å²) in [5, 5.41) is 3.27. The summed E-state index contributed by atoms with van der Waals surface area (Å²) in [4.78, 5) is 30.2. The van der Waals surface area contributed by atoms with Crippen molar-refractivity contribution < 1.29 is 17.9 Å². The Morgan fingerprint density at radius 2 is 1.69 bits per heavy atom. The highest BCUT2D eigenvalue weighted by Gasteiger charge is 2.31. The van der Waals surface area contributed by atoms with Crippen LogP contribution in [0.2, 0.25) is 0 Å².